The SMILES string of the molecule is CC1CN(c2ccc(NC(=O)Cn3c(C(F)(F)F)nc4ccccc43)cc2)CC(C)O1. The molecule has 6 nitrogen and oxygen atoms in total. The molecule has 1 fully saturated rings. The van der Waals surface area contributed by atoms with Crippen LogP contribution >= 0.6 is 0 Å². The normalized spacial score (nSPS) is 19.6. The first-order chi connectivity index (χ1) is 14.7. The van der Waals surface area contributed by atoms with Crippen molar-refractivity contribution in [2.45, 2.75) is 38.8 Å². The molecule has 0 bridgehead atoms. The molecule has 2 unspecified atom stereocenters. The predicted octanol–water partition coefficient (Wildman–Crippen LogP) is 4.31. The van der Waals surface area contributed by atoms with E-state index in [1.165, 1.54) is 12.1 Å². The number of aromatic nitrogens is 2. The zero-order chi connectivity index (χ0) is 22.2. The van der Waals surface area contributed by atoms with Gasteiger partial charge in [0.2, 0.25) is 11.7 Å². The third kappa shape index (κ3) is 4.66. The third-order valence-electron chi connectivity index (χ3n) is 5.15. The van der Waals surface area contributed by atoms with Crippen LogP contribution in [0.1, 0.15) is 19.7 Å². The number of rotatable bonds is 4. The molecule has 9 heteroatoms. The summed E-state index contributed by atoms with van der Waals surface area (Å²) < 4.78 is 46.9. The Balaban J connectivity index is 1.48. The van der Waals surface area contributed by atoms with E-state index in [1.807, 2.05) is 26.0 Å². The molecule has 0 aliphatic carbocycles. The summed E-state index contributed by atoms with van der Waals surface area (Å²) in [6.45, 7) is 5.09. The summed E-state index contributed by atoms with van der Waals surface area (Å²) >= 11 is 0. The Bertz CT molecular complexity index is 1070. The maximum absolute atomic E-state index is 13.4. The number of benzene rings is 2. The number of nitrogens with zero attached hydrogens (tertiary/aromatic N) is 3. The van der Waals surface area contributed by atoms with Gasteiger partial charge in [-0.25, -0.2) is 4.98 Å². The van der Waals surface area contributed by atoms with Gasteiger partial charge in [0.05, 0.1) is 23.2 Å². The van der Waals surface area contributed by atoms with Crippen molar-refractivity contribution in [3.63, 3.8) is 0 Å². The average molecular weight is 432 g/mol. The standard InChI is InChI=1S/C22H23F3N4O2/c1-14-11-28(12-15(2)31-14)17-9-7-16(8-10-17)26-20(30)13-29-19-6-4-3-5-18(19)27-21(29)22(23,24)25/h3-10,14-15H,11-13H2,1-2H3,(H,26,30). The molecule has 1 saturated heterocycles. The second kappa shape index (κ2) is 8.22. The predicted molar refractivity (Wildman–Crippen MR) is 112 cm³/mol. The summed E-state index contributed by atoms with van der Waals surface area (Å²) in [5, 5.41) is 2.67. The number of para-hydroxylation sites is 2. The second-order valence-electron chi connectivity index (χ2n) is 7.77. The minimum atomic E-state index is -4.66. The topological polar surface area (TPSA) is 59.4 Å². The fraction of sp³-hybridized carbons (Fsp3) is 0.364. The molecule has 1 aliphatic rings. The van der Waals surface area contributed by atoms with Crippen molar-refractivity contribution in [1.82, 2.24) is 9.55 Å². The summed E-state index contributed by atoms with van der Waals surface area (Å²) in [7, 11) is 0. The lowest BCUT2D eigenvalue weighted by Crippen LogP contribution is -2.45. The molecule has 4 rings (SSSR count). The van der Waals surface area contributed by atoms with Crippen LogP contribution < -0.4 is 10.2 Å². The Morgan fingerprint density at radius 1 is 1.10 bits per heavy atom. The number of anilines is 2. The van der Waals surface area contributed by atoms with Crippen molar-refractivity contribution in [2.24, 2.45) is 0 Å². The highest BCUT2D eigenvalue weighted by molar-refractivity contribution is 5.92. The maximum Gasteiger partial charge on any atom is 0.449 e. The number of hydrogen-bond acceptors (Lipinski definition) is 4. The van der Waals surface area contributed by atoms with Gasteiger partial charge >= 0.3 is 6.18 Å². The molecule has 2 atom stereocenters. The Morgan fingerprint density at radius 2 is 1.74 bits per heavy atom. The summed E-state index contributed by atoms with van der Waals surface area (Å²) in [5.74, 6) is -1.65. The molecule has 2 heterocycles. The van der Waals surface area contributed by atoms with Crippen molar-refractivity contribution in [3.8, 4) is 0 Å². The molecule has 1 amide bonds. The van der Waals surface area contributed by atoms with Crippen LogP contribution in [0.15, 0.2) is 48.5 Å². The van der Waals surface area contributed by atoms with E-state index in [2.05, 4.69) is 15.2 Å². The van der Waals surface area contributed by atoms with Crippen LogP contribution in [-0.2, 0) is 22.3 Å². The molecular weight excluding hydrogens is 409 g/mol. The lowest BCUT2D eigenvalue weighted by Gasteiger charge is -2.36. The van der Waals surface area contributed by atoms with E-state index in [0.717, 1.165) is 23.3 Å². The van der Waals surface area contributed by atoms with Crippen molar-refractivity contribution >= 4 is 28.3 Å². The van der Waals surface area contributed by atoms with Crippen LogP contribution in [0, 0.1) is 0 Å². The van der Waals surface area contributed by atoms with Crippen LogP contribution in [0.4, 0.5) is 24.5 Å². The first kappa shape index (κ1) is 21.2. The molecule has 0 spiro atoms. The van der Waals surface area contributed by atoms with Gasteiger partial charge in [-0.2, -0.15) is 13.2 Å². The molecule has 3 aromatic rings. The minimum absolute atomic E-state index is 0.121. The fourth-order valence-corrected chi connectivity index (χ4v) is 3.94. The van der Waals surface area contributed by atoms with Crippen molar-refractivity contribution < 1.29 is 22.7 Å². The molecule has 1 N–H and O–H groups in total. The molecule has 31 heavy (non-hydrogen) atoms. The van der Waals surface area contributed by atoms with E-state index < -0.39 is 24.5 Å². The number of alkyl halides is 3. The summed E-state index contributed by atoms with van der Waals surface area (Å²) in [5.41, 5.74) is 1.97. The molecule has 0 radical (unpaired) electrons. The van der Waals surface area contributed by atoms with E-state index in [1.54, 1.807) is 24.3 Å². The van der Waals surface area contributed by atoms with Gasteiger partial charge < -0.3 is 19.5 Å². The van der Waals surface area contributed by atoms with Crippen LogP contribution in [0.5, 0.6) is 0 Å². The monoisotopic (exact) mass is 432 g/mol. The number of carbonyl (C=O) groups is 1. The number of carbonyl (C=O) groups excluding carboxylic acids is 1. The van der Waals surface area contributed by atoms with Gasteiger partial charge in [-0.1, -0.05) is 12.1 Å². The van der Waals surface area contributed by atoms with Crippen molar-refractivity contribution in [3.05, 3.63) is 54.4 Å². The summed E-state index contributed by atoms with van der Waals surface area (Å²) in [6.07, 6.45) is -4.42. The van der Waals surface area contributed by atoms with Crippen LogP contribution in [0.25, 0.3) is 11.0 Å². The Hall–Kier alpha value is -3.07. The molecule has 164 valence electrons. The molecule has 0 saturated carbocycles. The molecule has 1 aliphatic heterocycles. The van der Waals surface area contributed by atoms with Gasteiger partial charge in [0.25, 0.3) is 0 Å². The van der Waals surface area contributed by atoms with Gasteiger partial charge in [-0.05, 0) is 50.2 Å². The number of imidazole rings is 1. The zero-order valence-electron chi connectivity index (χ0n) is 17.2. The van der Waals surface area contributed by atoms with Crippen LogP contribution in [0.3, 0.4) is 0 Å². The Labute approximate surface area is 177 Å². The Kier molecular flexibility index (Phi) is 5.62. The fourth-order valence-electron chi connectivity index (χ4n) is 3.94. The smallest absolute Gasteiger partial charge is 0.372 e. The highest BCUT2D eigenvalue weighted by Gasteiger charge is 2.38. The first-order valence-electron chi connectivity index (χ1n) is 10.0. The van der Waals surface area contributed by atoms with E-state index in [0.29, 0.717) is 5.69 Å². The van der Waals surface area contributed by atoms with E-state index >= 15 is 0 Å². The number of morpholine rings is 1. The number of fused-ring (bicyclic) bond motifs is 1. The van der Waals surface area contributed by atoms with E-state index in [9.17, 15) is 18.0 Å². The minimum Gasteiger partial charge on any atom is -0.372 e. The van der Waals surface area contributed by atoms with Gasteiger partial charge in [-0.3, -0.25) is 4.79 Å². The number of hydrogen-bond donors (Lipinski definition) is 1. The highest BCUT2D eigenvalue weighted by Crippen LogP contribution is 2.31. The summed E-state index contributed by atoms with van der Waals surface area (Å²) in [4.78, 5) is 18.4. The molecular formula is C22H23F3N4O2. The van der Waals surface area contributed by atoms with E-state index in [4.69, 9.17) is 4.74 Å². The zero-order valence-corrected chi connectivity index (χ0v) is 17.2. The average Bonchev–Trinajstić information content (AvgIpc) is 3.07. The largest absolute Gasteiger partial charge is 0.449 e. The van der Waals surface area contributed by atoms with Crippen LogP contribution in [-0.4, -0.2) is 40.8 Å². The van der Waals surface area contributed by atoms with Gasteiger partial charge in [0, 0.05) is 24.5 Å². The maximum atomic E-state index is 13.4. The number of halogens is 3. The van der Waals surface area contributed by atoms with Gasteiger partial charge in [0.1, 0.15) is 6.54 Å². The van der Waals surface area contributed by atoms with Gasteiger partial charge in [0.15, 0.2) is 0 Å². The third-order valence-corrected chi connectivity index (χ3v) is 5.15. The molecule has 1 aromatic heterocycles. The van der Waals surface area contributed by atoms with E-state index in [-0.39, 0.29) is 23.2 Å². The second-order valence-corrected chi connectivity index (χ2v) is 7.77. The number of amides is 1. The lowest BCUT2D eigenvalue weighted by molar-refractivity contribution is -0.147. The Morgan fingerprint density at radius 3 is 2.39 bits per heavy atom. The lowest BCUT2D eigenvalue weighted by atomic mass is 10.2. The molecule has 2 aromatic carbocycles. The van der Waals surface area contributed by atoms with Crippen LogP contribution in [0.2, 0.25) is 0 Å². The number of ether oxygens (including phenoxy) is 1. The quantitative estimate of drug-likeness (QED) is 0.668. The highest BCUT2D eigenvalue weighted by atomic mass is 19.4. The van der Waals surface area contributed by atoms with Crippen molar-refractivity contribution in [2.75, 3.05) is 23.3 Å². The first-order valence-corrected chi connectivity index (χ1v) is 10.0. The number of nitrogens with one attached hydrogen (secondary N) is 1. The van der Waals surface area contributed by atoms with Gasteiger partial charge in [-0.15, -0.1) is 0 Å². The summed E-state index contributed by atoms with van der Waals surface area (Å²) in [6, 6.07) is 13.5. The van der Waals surface area contributed by atoms with Crippen molar-refractivity contribution in [1.29, 1.82) is 0 Å².